The molecule has 1 fully saturated rings. The predicted octanol–water partition coefficient (Wildman–Crippen LogP) is 2.92. The number of hydrogen-bond donors (Lipinski definition) is 1. The second-order valence-corrected chi connectivity index (χ2v) is 8.45. The minimum atomic E-state index is -0.572. The summed E-state index contributed by atoms with van der Waals surface area (Å²) in [4.78, 5) is 24.6. The Labute approximate surface area is 149 Å². The molecule has 3 rings (SSSR count). The smallest absolute Gasteiger partial charge is 0.334 e. The molecule has 1 heterocycles. The fraction of sp³-hybridized carbons (Fsp3) is 0.700. The average molecular weight is 348 g/mol. The Morgan fingerprint density at radius 3 is 2.68 bits per heavy atom. The van der Waals surface area contributed by atoms with E-state index in [1.807, 2.05) is 20.8 Å². The van der Waals surface area contributed by atoms with Crippen molar-refractivity contribution in [2.45, 2.75) is 66.1 Å². The monoisotopic (exact) mass is 348 g/mol. The third kappa shape index (κ3) is 2.64. The molecule has 0 bridgehead atoms. The van der Waals surface area contributed by atoms with E-state index in [1.165, 1.54) is 0 Å². The largest absolute Gasteiger partial charge is 0.458 e. The van der Waals surface area contributed by atoms with Gasteiger partial charge in [0.15, 0.2) is 0 Å². The highest BCUT2D eigenvalue weighted by Gasteiger charge is 2.61. The van der Waals surface area contributed by atoms with Gasteiger partial charge in [-0.05, 0) is 38.7 Å². The Kier molecular flexibility index (Phi) is 4.34. The van der Waals surface area contributed by atoms with E-state index < -0.39 is 16.9 Å². The van der Waals surface area contributed by atoms with E-state index in [0.29, 0.717) is 31.4 Å². The summed E-state index contributed by atoms with van der Waals surface area (Å²) < 4.78 is 11.0. The van der Waals surface area contributed by atoms with Crippen LogP contribution in [0.1, 0.15) is 53.9 Å². The van der Waals surface area contributed by atoms with Crippen LogP contribution in [0.4, 0.5) is 0 Å². The molecule has 0 amide bonds. The third-order valence-corrected chi connectivity index (χ3v) is 6.59. The highest BCUT2D eigenvalue weighted by Crippen LogP contribution is 2.61. The first kappa shape index (κ1) is 18.2. The van der Waals surface area contributed by atoms with Gasteiger partial charge in [-0.3, -0.25) is 0 Å². The number of rotatable bonds is 2. The highest BCUT2D eigenvalue weighted by atomic mass is 16.5. The lowest BCUT2D eigenvalue weighted by atomic mass is 9.48. The van der Waals surface area contributed by atoms with Crippen molar-refractivity contribution in [2.75, 3.05) is 6.61 Å². The van der Waals surface area contributed by atoms with Gasteiger partial charge < -0.3 is 14.6 Å². The molecule has 0 saturated heterocycles. The van der Waals surface area contributed by atoms with Gasteiger partial charge in [-0.2, -0.15) is 0 Å². The quantitative estimate of drug-likeness (QED) is 0.613. The van der Waals surface area contributed by atoms with Crippen molar-refractivity contribution in [3.05, 3.63) is 22.8 Å². The Morgan fingerprint density at radius 2 is 2.04 bits per heavy atom. The van der Waals surface area contributed by atoms with Gasteiger partial charge in [0.25, 0.3) is 0 Å². The van der Waals surface area contributed by atoms with E-state index in [0.717, 1.165) is 11.1 Å². The summed E-state index contributed by atoms with van der Waals surface area (Å²) in [5.74, 6) is -0.720. The standard InChI is InChI=1S/C20H28O5/c1-6-11(2)17(22)25-14-7-8-20(5)15-12(10-24-18(15)23)9-13(21)16(20)19(14,3)4/h6,13-14,16,21H,7-10H2,1-5H3/b11-6-/t13-,14+,16+,20+/m0/s1. The van der Waals surface area contributed by atoms with Crippen LogP contribution in [-0.2, 0) is 19.1 Å². The number of carbonyl (C=O) groups excluding carboxylic acids is 2. The summed E-state index contributed by atoms with van der Waals surface area (Å²) in [7, 11) is 0. The Hall–Kier alpha value is -1.62. The molecule has 3 aliphatic rings. The molecule has 25 heavy (non-hydrogen) atoms. The zero-order valence-corrected chi connectivity index (χ0v) is 15.7. The van der Waals surface area contributed by atoms with E-state index in [2.05, 4.69) is 6.92 Å². The number of ether oxygens (including phenoxy) is 2. The average Bonchev–Trinajstić information content (AvgIpc) is 2.90. The normalized spacial score (nSPS) is 37.3. The van der Waals surface area contributed by atoms with E-state index in [9.17, 15) is 14.7 Å². The SMILES string of the molecule is C/C=C(/C)C(=O)O[C@@H]1CC[C@]2(C)C3=C(COC3=O)C[C@H](O)[C@@H]2C1(C)C. The predicted molar refractivity (Wildman–Crippen MR) is 92.5 cm³/mol. The number of allylic oxidation sites excluding steroid dienone is 1. The van der Waals surface area contributed by atoms with E-state index in [4.69, 9.17) is 9.47 Å². The second kappa shape index (κ2) is 5.97. The van der Waals surface area contributed by atoms with Crippen LogP contribution in [0, 0.1) is 16.7 Å². The topological polar surface area (TPSA) is 72.8 Å². The molecule has 0 aromatic heterocycles. The second-order valence-electron chi connectivity index (χ2n) is 8.45. The maximum atomic E-state index is 12.3. The van der Waals surface area contributed by atoms with E-state index in [1.54, 1.807) is 13.0 Å². The number of hydrogen-bond acceptors (Lipinski definition) is 5. The third-order valence-electron chi connectivity index (χ3n) is 6.59. The Balaban J connectivity index is 1.95. The molecule has 5 heteroatoms. The highest BCUT2D eigenvalue weighted by molar-refractivity contribution is 5.93. The van der Waals surface area contributed by atoms with Crippen LogP contribution in [0.2, 0.25) is 0 Å². The van der Waals surface area contributed by atoms with Gasteiger partial charge >= 0.3 is 11.9 Å². The molecule has 0 aromatic carbocycles. The lowest BCUT2D eigenvalue weighted by molar-refractivity contribution is -0.175. The van der Waals surface area contributed by atoms with Crippen molar-refractivity contribution in [1.82, 2.24) is 0 Å². The summed E-state index contributed by atoms with van der Waals surface area (Å²) in [6.07, 6.45) is 2.70. The van der Waals surface area contributed by atoms with Crippen molar-refractivity contribution in [1.29, 1.82) is 0 Å². The zero-order chi connectivity index (χ0) is 18.6. The molecule has 1 aliphatic heterocycles. The van der Waals surface area contributed by atoms with Crippen LogP contribution in [0.25, 0.3) is 0 Å². The molecule has 5 nitrogen and oxygen atoms in total. The van der Waals surface area contributed by atoms with Crippen LogP contribution >= 0.6 is 0 Å². The Morgan fingerprint density at radius 1 is 1.36 bits per heavy atom. The molecule has 0 unspecified atom stereocenters. The van der Waals surface area contributed by atoms with Crippen LogP contribution < -0.4 is 0 Å². The number of aliphatic hydroxyl groups is 1. The van der Waals surface area contributed by atoms with Gasteiger partial charge in [-0.25, -0.2) is 9.59 Å². The lowest BCUT2D eigenvalue weighted by Gasteiger charge is -2.57. The van der Waals surface area contributed by atoms with Gasteiger partial charge in [0.2, 0.25) is 0 Å². The van der Waals surface area contributed by atoms with Gasteiger partial charge in [0, 0.05) is 27.9 Å². The number of aliphatic hydroxyl groups excluding tert-OH is 1. The molecular weight excluding hydrogens is 320 g/mol. The summed E-state index contributed by atoms with van der Waals surface area (Å²) >= 11 is 0. The fourth-order valence-electron chi connectivity index (χ4n) is 5.34. The van der Waals surface area contributed by atoms with Crippen LogP contribution in [0.15, 0.2) is 22.8 Å². The van der Waals surface area contributed by atoms with Crippen molar-refractivity contribution < 1.29 is 24.2 Å². The Bertz CT molecular complexity index is 672. The first-order valence-corrected chi connectivity index (χ1v) is 9.04. The molecular formula is C20H28O5. The minimum absolute atomic E-state index is 0.165. The summed E-state index contributed by atoms with van der Waals surface area (Å²) in [6.45, 7) is 9.97. The van der Waals surface area contributed by atoms with Crippen molar-refractivity contribution >= 4 is 11.9 Å². The number of cyclic esters (lactones) is 1. The number of carbonyl (C=O) groups is 2. The fourth-order valence-corrected chi connectivity index (χ4v) is 5.34. The number of esters is 2. The van der Waals surface area contributed by atoms with E-state index in [-0.39, 0.29) is 24.0 Å². The molecule has 0 spiro atoms. The molecule has 2 aliphatic carbocycles. The molecule has 1 saturated carbocycles. The van der Waals surface area contributed by atoms with Gasteiger partial charge in [0.1, 0.15) is 12.7 Å². The van der Waals surface area contributed by atoms with Crippen LogP contribution in [0.5, 0.6) is 0 Å². The number of fused-ring (bicyclic) bond motifs is 2. The first-order valence-electron chi connectivity index (χ1n) is 9.04. The van der Waals surface area contributed by atoms with Gasteiger partial charge in [-0.1, -0.05) is 26.8 Å². The van der Waals surface area contributed by atoms with Crippen LogP contribution in [0.3, 0.4) is 0 Å². The molecule has 1 N–H and O–H groups in total. The molecule has 0 aromatic rings. The summed E-state index contributed by atoms with van der Waals surface area (Å²) in [5.41, 5.74) is 1.38. The maximum absolute atomic E-state index is 12.3. The first-order chi connectivity index (χ1) is 11.6. The molecule has 138 valence electrons. The molecule has 0 radical (unpaired) electrons. The summed E-state index contributed by atoms with van der Waals surface area (Å²) in [6, 6.07) is 0. The zero-order valence-electron chi connectivity index (χ0n) is 15.7. The van der Waals surface area contributed by atoms with Crippen LogP contribution in [-0.4, -0.2) is 35.9 Å². The lowest BCUT2D eigenvalue weighted by Crippen LogP contribution is -2.58. The van der Waals surface area contributed by atoms with Crippen molar-refractivity contribution in [3.8, 4) is 0 Å². The van der Waals surface area contributed by atoms with E-state index >= 15 is 0 Å². The molecule has 4 atom stereocenters. The van der Waals surface area contributed by atoms with Gasteiger partial charge in [0.05, 0.1) is 6.10 Å². The van der Waals surface area contributed by atoms with Crippen molar-refractivity contribution in [2.24, 2.45) is 16.7 Å². The maximum Gasteiger partial charge on any atom is 0.334 e. The summed E-state index contributed by atoms with van der Waals surface area (Å²) in [5, 5.41) is 10.9. The van der Waals surface area contributed by atoms with Gasteiger partial charge in [-0.15, -0.1) is 0 Å². The van der Waals surface area contributed by atoms with Crippen molar-refractivity contribution in [3.63, 3.8) is 0 Å². The minimum Gasteiger partial charge on any atom is -0.458 e.